The predicted molar refractivity (Wildman–Crippen MR) is 180 cm³/mol. The van der Waals surface area contributed by atoms with E-state index in [2.05, 4.69) is 97.0 Å². The minimum Gasteiger partial charge on any atom is -0.392 e. The van der Waals surface area contributed by atoms with Gasteiger partial charge in [-0.3, -0.25) is 0 Å². The van der Waals surface area contributed by atoms with Gasteiger partial charge in [0.2, 0.25) is 0 Å². The van der Waals surface area contributed by atoms with Gasteiger partial charge in [-0.05, 0) is 45.6 Å². The molecule has 0 amide bonds. The third kappa shape index (κ3) is 2.77. The molecule has 4 saturated heterocycles. The molecule has 2 aliphatic carbocycles. The molecule has 0 aromatic heterocycles. The van der Waals surface area contributed by atoms with Crippen LogP contribution in [0.4, 0.5) is 11.4 Å². The van der Waals surface area contributed by atoms with E-state index in [-0.39, 0.29) is 36.1 Å². The van der Waals surface area contributed by atoms with Crippen LogP contribution >= 0.6 is 0 Å². The van der Waals surface area contributed by atoms with E-state index < -0.39 is 0 Å². The maximum Gasteiger partial charge on any atom is 0.102 e. The van der Waals surface area contributed by atoms with Gasteiger partial charge in [0, 0.05) is 61.3 Å². The molecular formula is C40H46N4O2+2. The summed E-state index contributed by atoms with van der Waals surface area (Å²) in [7, 11) is 5.01. The lowest BCUT2D eigenvalue weighted by Gasteiger charge is -2.58. The van der Waals surface area contributed by atoms with E-state index >= 15 is 0 Å². The minimum atomic E-state index is 0.0790. The highest BCUT2D eigenvalue weighted by atomic mass is 16.3. The molecule has 11 rings (SSSR count). The third-order valence-electron chi connectivity index (χ3n) is 15.3. The Kier molecular flexibility index (Phi) is 4.94. The second-order valence-corrected chi connectivity index (χ2v) is 16.7. The fourth-order valence-electron chi connectivity index (χ4n) is 13.8. The van der Waals surface area contributed by atoms with Gasteiger partial charge in [0.05, 0.1) is 63.3 Å². The molecule has 2 aromatic rings. The number of hydrogen-bond donors (Lipinski definition) is 2. The minimum absolute atomic E-state index is 0.0790. The van der Waals surface area contributed by atoms with Gasteiger partial charge in [-0.1, -0.05) is 48.6 Å². The number of quaternary nitrogens is 2. The van der Waals surface area contributed by atoms with Crippen LogP contribution in [-0.2, 0) is 10.8 Å². The predicted octanol–water partition coefficient (Wildman–Crippen LogP) is 4.36. The smallest absolute Gasteiger partial charge is 0.102 e. The average molecular weight is 615 g/mol. The van der Waals surface area contributed by atoms with Crippen molar-refractivity contribution in [3.05, 3.63) is 107 Å². The van der Waals surface area contributed by atoms with Gasteiger partial charge in [0.1, 0.15) is 25.2 Å². The first-order valence-corrected chi connectivity index (χ1v) is 17.8. The number of para-hydroxylation sites is 2. The van der Waals surface area contributed by atoms with Crippen molar-refractivity contribution >= 4 is 11.4 Å². The summed E-state index contributed by atoms with van der Waals surface area (Å²) in [6.07, 6.45) is 14.4. The largest absolute Gasteiger partial charge is 0.392 e. The molecule has 6 heteroatoms. The van der Waals surface area contributed by atoms with Gasteiger partial charge >= 0.3 is 0 Å². The number of nitrogens with zero attached hydrogens (tertiary/aromatic N) is 4. The first-order valence-electron chi connectivity index (χ1n) is 17.8. The van der Waals surface area contributed by atoms with Crippen LogP contribution in [-0.4, -0.2) is 96.8 Å². The van der Waals surface area contributed by atoms with Crippen LogP contribution in [0.15, 0.2) is 95.4 Å². The van der Waals surface area contributed by atoms with Crippen molar-refractivity contribution in [2.75, 3.05) is 63.3 Å². The fourth-order valence-corrected chi connectivity index (χ4v) is 13.8. The first kappa shape index (κ1) is 26.9. The zero-order valence-corrected chi connectivity index (χ0v) is 27.1. The second-order valence-electron chi connectivity index (χ2n) is 16.7. The molecule has 2 aromatic carbocycles. The van der Waals surface area contributed by atoms with E-state index in [1.165, 1.54) is 48.5 Å². The van der Waals surface area contributed by atoms with E-state index in [4.69, 9.17) is 0 Å². The Hall–Kier alpha value is -3.16. The van der Waals surface area contributed by atoms with Gasteiger partial charge in [-0.25, -0.2) is 0 Å². The van der Waals surface area contributed by atoms with Crippen molar-refractivity contribution in [2.24, 2.45) is 11.8 Å². The molecule has 2 N–H and O–H groups in total. The Morgan fingerprint density at radius 2 is 1.13 bits per heavy atom. The van der Waals surface area contributed by atoms with Crippen molar-refractivity contribution < 1.29 is 19.2 Å². The summed E-state index contributed by atoms with van der Waals surface area (Å²) in [6, 6.07) is 20.5. The summed E-state index contributed by atoms with van der Waals surface area (Å²) in [4.78, 5) is 5.55. The maximum atomic E-state index is 10.3. The van der Waals surface area contributed by atoms with Crippen molar-refractivity contribution in [1.29, 1.82) is 0 Å². The Morgan fingerprint density at radius 3 is 1.57 bits per heavy atom. The highest BCUT2D eigenvalue weighted by Gasteiger charge is 2.74. The molecule has 10 atom stereocenters. The van der Waals surface area contributed by atoms with Crippen LogP contribution in [0, 0.1) is 11.8 Å². The van der Waals surface area contributed by atoms with Crippen LogP contribution in [0.3, 0.4) is 0 Å². The molecule has 7 heterocycles. The number of hydrogen-bond acceptors (Lipinski definition) is 4. The summed E-state index contributed by atoms with van der Waals surface area (Å²) < 4.78 is 2.18. The first-order chi connectivity index (χ1) is 22.4. The monoisotopic (exact) mass is 614 g/mol. The molecule has 6 nitrogen and oxygen atoms in total. The quantitative estimate of drug-likeness (QED) is 0.390. The highest BCUT2D eigenvalue weighted by molar-refractivity contribution is 5.77. The molecule has 7 aliphatic heterocycles. The van der Waals surface area contributed by atoms with Crippen LogP contribution < -0.4 is 9.80 Å². The van der Waals surface area contributed by atoms with E-state index in [1.54, 1.807) is 22.3 Å². The molecule has 46 heavy (non-hydrogen) atoms. The Bertz CT molecular complexity index is 1730. The van der Waals surface area contributed by atoms with Crippen molar-refractivity contribution in [3.63, 3.8) is 0 Å². The molecule has 0 radical (unpaired) electrons. The lowest BCUT2D eigenvalue weighted by Crippen LogP contribution is -2.68. The molecular weight excluding hydrogens is 568 g/mol. The molecule has 2 saturated carbocycles. The molecule has 6 fully saturated rings. The normalized spacial score (nSPS) is 48.6. The highest BCUT2D eigenvalue weighted by Crippen LogP contribution is 2.69. The molecule has 2 spiro atoms. The molecule has 4 bridgehead atoms. The number of rotatable bonds is 2. The van der Waals surface area contributed by atoms with E-state index in [0.29, 0.717) is 23.9 Å². The van der Waals surface area contributed by atoms with Gasteiger partial charge in [-0.15, -0.1) is 0 Å². The average Bonchev–Trinajstić information content (AvgIpc) is 3.73. The molecule has 9 aliphatic rings. The number of aliphatic hydroxyl groups is 2. The number of likely N-dealkylation sites (N-methyl/N-ethyl adjacent to an activating group) is 2. The standard InChI is InChI=1S/C40H46N4O2/c1-43-15-13-39-31-7-3-5-9-33(31)41-22-30-28-20-36-40(14-16-44(36,2)24-26(28)12-18-46)32-8-4-6-10-34(32)42(38(30)40)21-29(37(39)41)27(19-35(39)43)25(23-43)11-17-45/h3-12,21-22,27-28,35-38,45-46H,13-20,23-24H2,1-2H3/q+2/b25-11-,26-12+,29-21-,30-22-/t27-,28-,35-,36-,37-,38-,39+,40+,43?,44?/m0/s1. The van der Waals surface area contributed by atoms with E-state index in [0.717, 1.165) is 34.9 Å². The zero-order valence-electron chi connectivity index (χ0n) is 27.1. The lowest BCUT2D eigenvalue weighted by molar-refractivity contribution is -0.924. The molecule has 236 valence electrons. The number of anilines is 2. The van der Waals surface area contributed by atoms with Gasteiger partial charge in [0.15, 0.2) is 0 Å². The van der Waals surface area contributed by atoms with E-state index in [9.17, 15) is 10.2 Å². The summed E-state index contributed by atoms with van der Waals surface area (Å²) >= 11 is 0. The third-order valence-corrected chi connectivity index (χ3v) is 15.3. The number of benzene rings is 2. The van der Waals surface area contributed by atoms with Crippen LogP contribution in [0.25, 0.3) is 0 Å². The summed E-state index contributed by atoms with van der Waals surface area (Å²) in [5.41, 5.74) is 12.1. The Labute approximate surface area is 272 Å². The van der Waals surface area contributed by atoms with Crippen molar-refractivity contribution in [3.8, 4) is 0 Å². The van der Waals surface area contributed by atoms with Crippen LogP contribution in [0.5, 0.6) is 0 Å². The maximum absolute atomic E-state index is 10.3. The number of fused-ring (bicyclic) bond motifs is 8. The van der Waals surface area contributed by atoms with Gasteiger partial charge < -0.3 is 29.0 Å². The SMILES string of the molecule is C[N+]12CC[C@@]34c5ccccc5N5/C=C6/[C@H]7C[C@H]8[C@@]9(CC[N+]8(C)C/C7=C/CO)c7ccccc7N(/C=C(/[C@@H](C[C@@H]31)/C(=C/CO)C2)[C@H]54)[C@@H]69. The fraction of sp³-hybridized carbons (Fsp3) is 0.500. The van der Waals surface area contributed by atoms with Crippen LogP contribution in [0.2, 0.25) is 0 Å². The Balaban J connectivity index is 1.24. The van der Waals surface area contributed by atoms with Crippen molar-refractivity contribution in [2.45, 2.75) is 60.7 Å². The summed E-state index contributed by atoms with van der Waals surface area (Å²) in [5.74, 6) is 0.709. The van der Waals surface area contributed by atoms with E-state index in [1.807, 2.05) is 0 Å². The lowest BCUT2D eigenvalue weighted by atomic mass is 9.56. The van der Waals surface area contributed by atoms with Crippen LogP contribution in [0.1, 0.15) is 36.8 Å². The zero-order chi connectivity index (χ0) is 30.8. The number of piperidine rings is 2. The van der Waals surface area contributed by atoms with Crippen molar-refractivity contribution in [1.82, 2.24) is 0 Å². The Morgan fingerprint density at radius 1 is 0.696 bits per heavy atom. The van der Waals surface area contributed by atoms with Gasteiger partial charge in [-0.2, -0.15) is 0 Å². The number of aliphatic hydroxyl groups excluding tert-OH is 2. The summed E-state index contributed by atoms with van der Waals surface area (Å²) in [5, 5.41) is 20.6. The summed E-state index contributed by atoms with van der Waals surface area (Å²) in [6.45, 7) is 4.70. The van der Waals surface area contributed by atoms with Gasteiger partial charge in [0.25, 0.3) is 0 Å². The topological polar surface area (TPSA) is 46.9 Å². The second kappa shape index (κ2) is 8.46. The molecule has 2 unspecified atom stereocenters.